The number of ether oxygens (including phenoxy) is 1. The van der Waals surface area contributed by atoms with E-state index in [9.17, 15) is 10.1 Å². The van der Waals surface area contributed by atoms with Crippen LogP contribution in [0.2, 0.25) is 0 Å². The molecule has 0 bridgehead atoms. The van der Waals surface area contributed by atoms with Gasteiger partial charge in [0.15, 0.2) is 0 Å². The van der Waals surface area contributed by atoms with Gasteiger partial charge in [0, 0.05) is 5.57 Å². The molecule has 3 aromatic rings. The number of fused-ring (bicyclic) bond motifs is 1. The second-order valence-corrected chi connectivity index (χ2v) is 6.24. The van der Waals surface area contributed by atoms with Crippen LogP contribution in [0.5, 0.6) is 0 Å². The minimum atomic E-state index is -0.602. The Morgan fingerprint density at radius 2 is 1.54 bits per heavy atom. The summed E-state index contributed by atoms with van der Waals surface area (Å²) >= 11 is 0. The summed E-state index contributed by atoms with van der Waals surface area (Å²) in [6, 6.07) is 25.4. The lowest BCUT2D eigenvalue weighted by Gasteiger charge is -2.14. The van der Waals surface area contributed by atoms with Crippen molar-refractivity contribution in [3.05, 3.63) is 89.5 Å². The largest absolute Gasteiger partial charge is 0.459 e. The van der Waals surface area contributed by atoms with Crippen LogP contribution in [0.1, 0.15) is 25.0 Å². The van der Waals surface area contributed by atoms with Crippen molar-refractivity contribution < 1.29 is 9.53 Å². The number of nitriles is 1. The third kappa shape index (κ3) is 3.65. The Balaban J connectivity index is 2.25. The molecule has 0 saturated carbocycles. The van der Waals surface area contributed by atoms with Crippen molar-refractivity contribution in [1.29, 1.82) is 5.26 Å². The standard InChI is InChI=1S/C23H19NO2/c1-16(2)26-23(25)21(15-24)22(18-9-4-3-5-10-18)20-13-12-17-8-6-7-11-19(17)14-20/h3-14,16H,1-2H3/b22-21+. The highest BCUT2D eigenvalue weighted by molar-refractivity contribution is 6.06. The molecule has 26 heavy (non-hydrogen) atoms. The van der Waals surface area contributed by atoms with Crippen molar-refractivity contribution in [2.45, 2.75) is 20.0 Å². The topological polar surface area (TPSA) is 50.1 Å². The van der Waals surface area contributed by atoms with E-state index in [-0.39, 0.29) is 11.7 Å². The molecule has 3 rings (SSSR count). The quantitative estimate of drug-likeness (QED) is 0.376. The van der Waals surface area contributed by atoms with Gasteiger partial charge in [0.1, 0.15) is 11.6 Å². The minimum Gasteiger partial charge on any atom is -0.459 e. The Morgan fingerprint density at radius 1 is 0.885 bits per heavy atom. The second-order valence-electron chi connectivity index (χ2n) is 6.24. The fourth-order valence-corrected chi connectivity index (χ4v) is 2.88. The Bertz CT molecular complexity index is 1010. The van der Waals surface area contributed by atoms with Gasteiger partial charge < -0.3 is 4.74 Å². The van der Waals surface area contributed by atoms with Gasteiger partial charge in [-0.2, -0.15) is 5.26 Å². The molecule has 0 atom stereocenters. The fraction of sp³-hybridized carbons (Fsp3) is 0.130. The van der Waals surface area contributed by atoms with Gasteiger partial charge in [0.2, 0.25) is 0 Å². The van der Waals surface area contributed by atoms with E-state index in [1.54, 1.807) is 13.8 Å². The van der Waals surface area contributed by atoms with Crippen molar-refractivity contribution in [3.8, 4) is 6.07 Å². The molecular weight excluding hydrogens is 322 g/mol. The van der Waals surface area contributed by atoms with Crippen molar-refractivity contribution in [2.24, 2.45) is 0 Å². The van der Waals surface area contributed by atoms with Gasteiger partial charge in [-0.15, -0.1) is 0 Å². The van der Waals surface area contributed by atoms with Crippen molar-refractivity contribution in [2.75, 3.05) is 0 Å². The average Bonchev–Trinajstić information content (AvgIpc) is 2.65. The molecule has 0 radical (unpaired) electrons. The molecule has 3 nitrogen and oxygen atoms in total. The van der Waals surface area contributed by atoms with Gasteiger partial charge in [-0.05, 0) is 41.8 Å². The highest BCUT2D eigenvalue weighted by atomic mass is 16.5. The van der Waals surface area contributed by atoms with E-state index in [1.807, 2.05) is 72.8 Å². The van der Waals surface area contributed by atoms with Crippen LogP contribution < -0.4 is 0 Å². The van der Waals surface area contributed by atoms with Crippen molar-refractivity contribution in [1.82, 2.24) is 0 Å². The van der Waals surface area contributed by atoms with Crippen molar-refractivity contribution >= 4 is 22.3 Å². The molecule has 0 fully saturated rings. The Kier molecular flexibility index (Phi) is 5.15. The predicted octanol–water partition coefficient (Wildman–Crippen LogP) is 5.12. The van der Waals surface area contributed by atoms with E-state index in [0.717, 1.165) is 21.9 Å². The van der Waals surface area contributed by atoms with E-state index in [0.29, 0.717) is 5.57 Å². The Morgan fingerprint density at radius 3 is 2.19 bits per heavy atom. The van der Waals surface area contributed by atoms with Crippen LogP contribution in [0.4, 0.5) is 0 Å². The molecule has 0 saturated heterocycles. The molecule has 0 aliphatic carbocycles. The first kappa shape index (κ1) is 17.4. The zero-order valence-electron chi connectivity index (χ0n) is 14.8. The van der Waals surface area contributed by atoms with E-state index >= 15 is 0 Å². The summed E-state index contributed by atoms with van der Waals surface area (Å²) in [5, 5.41) is 11.9. The van der Waals surface area contributed by atoms with E-state index in [2.05, 4.69) is 6.07 Å². The first-order chi connectivity index (χ1) is 12.6. The fourth-order valence-electron chi connectivity index (χ4n) is 2.88. The number of hydrogen-bond acceptors (Lipinski definition) is 3. The van der Waals surface area contributed by atoms with Crippen LogP contribution in [-0.4, -0.2) is 12.1 Å². The first-order valence-electron chi connectivity index (χ1n) is 8.50. The van der Waals surface area contributed by atoms with Crippen LogP contribution in [0.3, 0.4) is 0 Å². The van der Waals surface area contributed by atoms with Gasteiger partial charge in [-0.25, -0.2) is 4.79 Å². The zero-order chi connectivity index (χ0) is 18.5. The maximum atomic E-state index is 12.5. The highest BCUT2D eigenvalue weighted by Crippen LogP contribution is 2.30. The minimum absolute atomic E-state index is 0.0141. The Hall–Kier alpha value is -3.38. The number of nitrogens with zero attached hydrogens (tertiary/aromatic N) is 1. The molecule has 0 aromatic heterocycles. The lowest BCUT2D eigenvalue weighted by molar-refractivity contribution is -0.142. The summed E-state index contributed by atoms with van der Waals surface area (Å²) in [4.78, 5) is 12.5. The van der Waals surface area contributed by atoms with Crippen molar-refractivity contribution in [3.63, 3.8) is 0 Å². The first-order valence-corrected chi connectivity index (χ1v) is 8.50. The smallest absolute Gasteiger partial charge is 0.349 e. The summed E-state index contributed by atoms with van der Waals surface area (Å²) in [6.45, 7) is 3.54. The average molecular weight is 341 g/mol. The van der Waals surface area contributed by atoms with Gasteiger partial charge in [0.05, 0.1) is 6.10 Å². The van der Waals surface area contributed by atoms with Gasteiger partial charge in [0.25, 0.3) is 0 Å². The molecule has 0 heterocycles. The zero-order valence-corrected chi connectivity index (χ0v) is 14.8. The molecule has 0 aliphatic heterocycles. The van der Waals surface area contributed by atoms with Crippen LogP contribution >= 0.6 is 0 Å². The van der Waals surface area contributed by atoms with Crippen LogP contribution in [0.15, 0.2) is 78.4 Å². The van der Waals surface area contributed by atoms with E-state index in [1.165, 1.54) is 0 Å². The molecule has 0 unspecified atom stereocenters. The molecule has 0 spiro atoms. The summed E-state index contributed by atoms with van der Waals surface area (Å²) in [5.41, 5.74) is 2.22. The molecule has 0 N–H and O–H groups in total. The van der Waals surface area contributed by atoms with E-state index < -0.39 is 5.97 Å². The van der Waals surface area contributed by atoms with Gasteiger partial charge in [-0.3, -0.25) is 0 Å². The number of esters is 1. The number of carbonyl (C=O) groups excluding carboxylic acids is 1. The van der Waals surface area contributed by atoms with Crippen LogP contribution in [0.25, 0.3) is 16.3 Å². The third-order valence-corrected chi connectivity index (χ3v) is 4.01. The number of rotatable bonds is 4. The lowest BCUT2D eigenvalue weighted by atomic mass is 9.92. The number of benzene rings is 3. The maximum Gasteiger partial charge on any atom is 0.349 e. The third-order valence-electron chi connectivity index (χ3n) is 4.01. The number of carbonyl (C=O) groups is 1. The SMILES string of the molecule is CC(C)OC(=O)/C(C#N)=C(\c1ccccc1)c1ccc2ccccc2c1. The summed E-state index contributed by atoms with van der Waals surface area (Å²) in [7, 11) is 0. The molecule has 128 valence electrons. The monoisotopic (exact) mass is 341 g/mol. The normalized spacial score (nSPS) is 11.8. The van der Waals surface area contributed by atoms with Gasteiger partial charge in [-0.1, -0.05) is 66.7 Å². The Labute approximate surface area is 153 Å². The summed E-state index contributed by atoms with van der Waals surface area (Å²) in [6.07, 6.45) is -0.292. The lowest BCUT2D eigenvalue weighted by Crippen LogP contribution is -2.14. The molecule has 3 heteroatoms. The highest BCUT2D eigenvalue weighted by Gasteiger charge is 2.21. The van der Waals surface area contributed by atoms with Crippen LogP contribution in [0, 0.1) is 11.3 Å². The molecular formula is C23H19NO2. The summed E-state index contributed by atoms with van der Waals surface area (Å²) < 4.78 is 5.30. The molecule has 0 aliphatic rings. The maximum absolute atomic E-state index is 12.5. The van der Waals surface area contributed by atoms with E-state index in [4.69, 9.17) is 4.74 Å². The van der Waals surface area contributed by atoms with Gasteiger partial charge >= 0.3 is 5.97 Å². The molecule has 3 aromatic carbocycles. The predicted molar refractivity (Wildman–Crippen MR) is 103 cm³/mol. The molecule has 0 amide bonds. The van der Waals surface area contributed by atoms with Crippen LogP contribution in [-0.2, 0) is 9.53 Å². The second kappa shape index (κ2) is 7.67. The summed E-state index contributed by atoms with van der Waals surface area (Å²) in [5.74, 6) is -0.602. The number of hydrogen-bond donors (Lipinski definition) is 0.